The van der Waals surface area contributed by atoms with Crippen molar-refractivity contribution in [3.8, 4) is 0 Å². The van der Waals surface area contributed by atoms with E-state index in [9.17, 15) is 9.59 Å². The molecule has 0 spiro atoms. The van der Waals surface area contributed by atoms with Crippen LogP contribution in [-0.4, -0.2) is 23.5 Å². The number of benzene rings is 1. The van der Waals surface area contributed by atoms with E-state index in [1.54, 1.807) is 19.1 Å². The molecular weight excluding hydrogens is 300 g/mol. The maximum absolute atomic E-state index is 12.3. The summed E-state index contributed by atoms with van der Waals surface area (Å²) in [4.78, 5) is 28.0. The van der Waals surface area contributed by atoms with Crippen LogP contribution in [0.2, 0.25) is 0 Å². The second-order valence-electron chi connectivity index (χ2n) is 4.57. The normalized spacial score (nSPS) is 10.6. The van der Waals surface area contributed by atoms with Crippen LogP contribution in [0.5, 0.6) is 0 Å². The van der Waals surface area contributed by atoms with Gasteiger partial charge in [-0.2, -0.15) is 0 Å². The maximum atomic E-state index is 12.3. The maximum Gasteiger partial charge on any atom is 0.356 e. The Morgan fingerprint density at radius 1 is 1.23 bits per heavy atom. The largest absolute Gasteiger partial charge is 0.461 e. The third kappa shape index (κ3) is 2.60. The predicted molar refractivity (Wildman–Crippen MR) is 86.5 cm³/mol. The molecule has 3 aromatic rings. The Morgan fingerprint density at radius 3 is 2.77 bits per heavy atom. The van der Waals surface area contributed by atoms with Gasteiger partial charge in [-0.25, -0.2) is 4.79 Å². The number of amides is 1. The fourth-order valence-corrected chi connectivity index (χ4v) is 2.83. The van der Waals surface area contributed by atoms with Crippen LogP contribution >= 0.6 is 11.3 Å². The molecule has 0 aliphatic carbocycles. The van der Waals surface area contributed by atoms with E-state index in [-0.39, 0.29) is 18.2 Å². The van der Waals surface area contributed by atoms with Crippen molar-refractivity contribution in [1.29, 1.82) is 0 Å². The number of aromatic amines is 1. The Morgan fingerprint density at radius 2 is 2.05 bits per heavy atom. The fourth-order valence-electron chi connectivity index (χ4n) is 2.21. The Hall–Kier alpha value is -2.60. The highest BCUT2D eigenvalue weighted by atomic mass is 32.1. The van der Waals surface area contributed by atoms with Crippen molar-refractivity contribution in [2.45, 2.75) is 6.92 Å². The first kappa shape index (κ1) is 14.3. The first-order valence-corrected chi connectivity index (χ1v) is 7.71. The van der Waals surface area contributed by atoms with E-state index in [4.69, 9.17) is 4.74 Å². The summed E-state index contributed by atoms with van der Waals surface area (Å²) in [6, 6.07) is 10.9. The molecule has 3 rings (SSSR count). The van der Waals surface area contributed by atoms with E-state index in [0.717, 1.165) is 10.9 Å². The van der Waals surface area contributed by atoms with Gasteiger partial charge in [-0.1, -0.05) is 24.3 Å². The predicted octanol–water partition coefficient (Wildman–Crippen LogP) is 3.66. The molecule has 2 N–H and O–H groups in total. The highest BCUT2D eigenvalue weighted by Gasteiger charge is 2.21. The zero-order valence-corrected chi connectivity index (χ0v) is 12.7. The summed E-state index contributed by atoms with van der Waals surface area (Å²) in [5, 5.41) is 5.42. The van der Waals surface area contributed by atoms with Gasteiger partial charge in [0.2, 0.25) is 0 Å². The molecule has 1 aromatic carbocycles. The van der Waals surface area contributed by atoms with Gasteiger partial charge in [-0.15, -0.1) is 11.3 Å². The highest BCUT2D eigenvalue weighted by Crippen LogP contribution is 2.29. The van der Waals surface area contributed by atoms with Gasteiger partial charge in [0, 0.05) is 10.9 Å². The van der Waals surface area contributed by atoms with E-state index in [1.165, 1.54) is 11.3 Å². The van der Waals surface area contributed by atoms with Crippen LogP contribution < -0.4 is 5.32 Å². The van der Waals surface area contributed by atoms with Crippen LogP contribution in [0.1, 0.15) is 27.1 Å². The molecule has 0 saturated carbocycles. The van der Waals surface area contributed by atoms with E-state index >= 15 is 0 Å². The summed E-state index contributed by atoms with van der Waals surface area (Å²) in [5.41, 5.74) is 1.48. The van der Waals surface area contributed by atoms with Gasteiger partial charge in [-0.3, -0.25) is 4.79 Å². The van der Waals surface area contributed by atoms with Crippen molar-refractivity contribution in [3.05, 3.63) is 52.3 Å². The number of hydrogen-bond acceptors (Lipinski definition) is 4. The van der Waals surface area contributed by atoms with Gasteiger partial charge < -0.3 is 15.0 Å². The van der Waals surface area contributed by atoms with Crippen LogP contribution in [0.25, 0.3) is 10.9 Å². The minimum absolute atomic E-state index is 0.245. The lowest BCUT2D eigenvalue weighted by Gasteiger charge is -2.06. The number of anilines is 1. The van der Waals surface area contributed by atoms with Crippen molar-refractivity contribution in [2.75, 3.05) is 11.9 Å². The number of aromatic nitrogens is 1. The molecule has 2 heterocycles. The molecule has 0 aliphatic heterocycles. The molecule has 6 heteroatoms. The number of hydrogen-bond donors (Lipinski definition) is 2. The van der Waals surface area contributed by atoms with Gasteiger partial charge in [0.1, 0.15) is 5.69 Å². The Balaban J connectivity index is 2.04. The molecule has 0 radical (unpaired) electrons. The van der Waals surface area contributed by atoms with E-state index in [0.29, 0.717) is 10.6 Å². The number of fused-ring (bicyclic) bond motifs is 1. The summed E-state index contributed by atoms with van der Waals surface area (Å²) in [7, 11) is 0. The average molecular weight is 314 g/mol. The molecule has 2 aromatic heterocycles. The number of thiophene rings is 1. The molecule has 112 valence electrons. The Bertz CT molecular complexity index is 821. The SMILES string of the molecule is CCOC(=O)c1[nH]c2ccccc2c1NC(=O)c1cccs1. The molecule has 0 aliphatic rings. The van der Waals surface area contributed by atoms with Crippen LogP contribution in [0.4, 0.5) is 5.69 Å². The molecular formula is C16H14N2O3S. The quantitative estimate of drug-likeness (QED) is 0.722. The molecule has 0 atom stereocenters. The second-order valence-corrected chi connectivity index (χ2v) is 5.52. The van der Waals surface area contributed by atoms with Crippen molar-refractivity contribution >= 4 is 39.8 Å². The standard InChI is InChI=1S/C16H14N2O3S/c1-2-21-16(20)14-13(10-6-3-4-7-11(10)17-14)18-15(19)12-8-5-9-22-12/h3-9,17H,2H2,1H3,(H,18,19). The number of H-pyrrole nitrogens is 1. The topological polar surface area (TPSA) is 71.2 Å². The number of rotatable bonds is 4. The first-order valence-electron chi connectivity index (χ1n) is 6.83. The molecule has 0 bridgehead atoms. The Labute approximate surface area is 130 Å². The number of para-hydroxylation sites is 1. The molecule has 0 saturated heterocycles. The number of ether oxygens (including phenoxy) is 1. The average Bonchev–Trinajstić information content (AvgIpc) is 3.16. The molecule has 5 nitrogen and oxygen atoms in total. The van der Waals surface area contributed by atoms with Crippen molar-refractivity contribution < 1.29 is 14.3 Å². The third-order valence-corrected chi connectivity index (χ3v) is 4.04. The van der Waals surface area contributed by atoms with Gasteiger partial charge in [0.05, 0.1) is 17.2 Å². The second kappa shape index (κ2) is 6.03. The monoisotopic (exact) mass is 314 g/mol. The summed E-state index contributed by atoms with van der Waals surface area (Å²) in [6.07, 6.45) is 0. The highest BCUT2D eigenvalue weighted by molar-refractivity contribution is 7.12. The minimum Gasteiger partial charge on any atom is -0.461 e. The lowest BCUT2D eigenvalue weighted by Crippen LogP contribution is -2.14. The van der Waals surface area contributed by atoms with Crippen molar-refractivity contribution in [1.82, 2.24) is 4.98 Å². The summed E-state index contributed by atoms with van der Waals surface area (Å²) < 4.78 is 5.05. The molecule has 0 fully saturated rings. The zero-order chi connectivity index (χ0) is 15.5. The third-order valence-electron chi connectivity index (χ3n) is 3.17. The lowest BCUT2D eigenvalue weighted by atomic mass is 10.2. The van der Waals surface area contributed by atoms with Crippen LogP contribution in [0, 0.1) is 0 Å². The van der Waals surface area contributed by atoms with Crippen molar-refractivity contribution in [3.63, 3.8) is 0 Å². The summed E-state index contributed by atoms with van der Waals surface area (Å²) in [6.45, 7) is 2.01. The van der Waals surface area contributed by atoms with Gasteiger partial charge in [0.15, 0.2) is 0 Å². The van der Waals surface area contributed by atoms with Crippen LogP contribution in [0.15, 0.2) is 41.8 Å². The molecule has 0 unspecified atom stereocenters. The zero-order valence-electron chi connectivity index (χ0n) is 11.9. The van der Waals surface area contributed by atoms with Crippen molar-refractivity contribution in [2.24, 2.45) is 0 Å². The van der Waals surface area contributed by atoms with Crippen LogP contribution in [-0.2, 0) is 4.74 Å². The van der Waals surface area contributed by atoms with E-state index in [1.807, 2.05) is 29.6 Å². The van der Waals surface area contributed by atoms with E-state index in [2.05, 4.69) is 10.3 Å². The van der Waals surface area contributed by atoms with E-state index < -0.39 is 5.97 Å². The van der Waals surface area contributed by atoms with Gasteiger partial charge in [-0.05, 0) is 24.4 Å². The fraction of sp³-hybridized carbons (Fsp3) is 0.125. The Kier molecular flexibility index (Phi) is 3.93. The summed E-state index contributed by atoms with van der Waals surface area (Å²) in [5.74, 6) is -0.731. The van der Waals surface area contributed by atoms with Gasteiger partial charge in [0.25, 0.3) is 5.91 Å². The number of esters is 1. The number of nitrogens with one attached hydrogen (secondary N) is 2. The number of carbonyl (C=O) groups excluding carboxylic acids is 2. The molecule has 1 amide bonds. The lowest BCUT2D eigenvalue weighted by molar-refractivity contribution is 0.0522. The molecule has 22 heavy (non-hydrogen) atoms. The van der Waals surface area contributed by atoms with Crippen LogP contribution in [0.3, 0.4) is 0 Å². The van der Waals surface area contributed by atoms with Gasteiger partial charge >= 0.3 is 5.97 Å². The smallest absolute Gasteiger partial charge is 0.356 e. The minimum atomic E-state index is -0.486. The first-order chi connectivity index (χ1) is 10.7. The summed E-state index contributed by atoms with van der Waals surface area (Å²) >= 11 is 1.34. The number of carbonyl (C=O) groups is 2.